The number of nitrogens with one attached hydrogen (secondary N) is 1. The van der Waals surface area contributed by atoms with Crippen LogP contribution >= 0.6 is 0 Å². The van der Waals surface area contributed by atoms with E-state index in [2.05, 4.69) is 12.2 Å². The van der Waals surface area contributed by atoms with Crippen molar-refractivity contribution >= 4 is 12.4 Å². The number of piperidine rings is 1. The van der Waals surface area contributed by atoms with Crippen LogP contribution in [0.15, 0.2) is 18.2 Å². The van der Waals surface area contributed by atoms with Crippen molar-refractivity contribution in [3.63, 3.8) is 0 Å². The highest BCUT2D eigenvalue weighted by atomic mass is 16.5. The van der Waals surface area contributed by atoms with Crippen molar-refractivity contribution in [3.8, 4) is 11.5 Å². The Bertz CT molecular complexity index is 481. The normalized spacial score (nSPS) is 16.5. The first-order valence-electron chi connectivity index (χ1n) is 8.27. The van der Waals surface area contributed by atoms with Gasteiger partial charge in [0.25, 0.3) is 0 Å². The van der Waals surface area contributed by atoms with Crippen LogP contribution in [0.1, 0.15) is 40.5 Å². The lowest BCUT2D eigenvalue weighted by Crippen LogP contribution is -2.39. The van der Waals surface area contributed by atoms with Crippen LogP contribution in [0.5, 0.6) is 11.5 Å². The first-order chi connectivity index (χ1) is 10.4. The summed E-state index contributed by atoms with van der Waals surface area (Å²) in [7, 11) is 0. The predicted octanol–water partition coefficient (Wildman–Crippen LogP) is 2.56. The molecule has 1 aromatic carbocycles. The lowest BCUT2D eigenvalue weighted by atomic mass is 9.58. The molecule has 0 unspecified atom stereocenters. The molecule has 0 spiro atoms. The van der Waals surface area contributed by atoms with Crippen LogP contribution in [0.4, 0.5) is 0 Å². The summed E-state index contributed by atoms with van der Waals surface area (Å²) < 4.78 is 12.0. The molecule has 1 aliphatic heterocycles. The standard InChI is InChI=1S/C17H28BNO3/c1-5-18(22-17(2,3)4)13-6-7-16(15(20)12-13)21-14-8-10-19-11-9-14/h6-7,12,14,19-20H,5,8-11H2,1-4H3. The molecule has 1 heterocycles. The van der Waals surface area contributed by atoms with E-state index in [-0.39, 0.29) is 24.4 Å². The first kappa shape index (κ1) is 17.2. The average Bonchev–Trinajstić information content (AvgIpc) is 2.47. The zero-order chi connectivity index (χ0) is 16.2. The third kappa shape index (κ3) is 4.92. The Balaban J connectivity index is 2.07. The fourth-order valence-corrected chi connectivity index (χ4v) is 2.74. The number of aromatic hydroxyl groups is 1. The lowest BCUT2D eigenvalue weighted by molar-refractivity contribution is 0.132. The summed E-state index contributed by atoms with van der Waals surface area (Å²) in [5.74, 6) is 0.772. The summed E-state index contributed by atoms with van der Waals surface area (Å²) in [5.41, 5.74) is 0.785. The van der Waals surface area contributed by atoms with E-state index in [0.717, 1.165) is 37.7 Å². The second kappa shape index (κ2) is 7.38. The molecular formula is C17H28BNO3. The van der Waals surface area contributed by atoms with Crippen LogP contribution in [0.2, 0.25) is 6.32 Å². The molecule has 1 fully saturated rings. The molecule has 0 aromatic heterocycles. The molecule has 22 heavy (non-hydrogen) atoms. The fraction of sp³-hybridized carbons (Fsp3) is 0.647. The first-order valence-corrected chi connectivity index (χ1v) is 8.27. The summed E-state index contributed by atoms with van der Waals surface area (Å²) >= 11 is 0. The van der Waals surface area contributed by atoms with E-state index >= 15 is 0 Å². The molecule has 122 valence electrons. The highest BCUT2D eigenvalue weighted by Gasteiger charge is 2.24. The minimum absolute atomic E-state index is 0.0150. The van der Waals surface area contributed by atoms with Gasteiger partial charge in [0.05, 0.1) is 0 Å². The maximum atomic E-state index is 10.3. The largest absolute Gasteiger partial charge is 0.504 e. The molecular weight excluding hydrogens is 277 g/mol. The molecule has 1 aromatic rings. The number of ether oxygens (including phenoxy) is 1. The van der Waals surface area contributed by atoms with Gasteiger partial charge in [-0.15, -0.1) is 0 Å². The van der Waals surface area contributed by atoms with Crippen molar-refractivity contribution < 1.29 is 14.5 Å². The Hall–Kier alpha value is -1.20. The van der Waals surface area contributed by atoms with E-state index in [1.807, 2.05) is 32.9 Å². The van der Waals surface area contributed by atoms with Gasteiger partial charge in [0, 0.05) is 5.60 Å². The number of rotatable bonds is 5. The molecule has 0 radical (unpaired) electrons. The summed E-state index contributed by atoms with van der Waals surface area (Å²) in [4.78, 5) is 0. The monoisotopic (exact) mass is 305 g/mol. The van der Waals surface area contributed by atoms with Gasteiger partial charge in [-0.1, -0.05) is 13.0 Å². The van der Waals surface area contributed by atoms with Gasteiger partial charge in [0.1, 0.15) is 6.10 Å². The van der Waals surface area contributed by atoms with Crippen LogP contribution in [0.3, 0.4) is 0 Å². The average molecular weight is 305 g/mol. The number of phenols is 1. The minimum Gasteiger partial charge on any atom is -0.504 e. The van der Waals surface area contributed by atoms with Gasteiger partial charge in [-0.25, -0.2) is 0 Å². The van der Waals surface area contributed by atoms with E-state index in [9.17, 15) is 5.11 Å². The van der Waals surface area contributed by atoms with Crippen LogP contribution in [0, 0.1) is 0 Å². The molecule has 5 heteroatoms. The molecule has 4 nitrogen and oxygen atoms in total. The molecule has 0 saturated carbocycles. The predicted molar refractivity (Wildman–Crippen MR) is 91.3 cm³/mol. The molecule has 2 N–H and O–H groups in total. The second-order valence-electron chi connectivity index (χ2n) is 6.92. The highest BCUT2D eigenvalue weighted by molar-refractivity contribution is 6.67. The smallest absolute Gasteiger partial charge is 0.327 e. The lowest BCUT2D eigenvalue weighted by Gasteiger charge is -2.26. The van der Waals surface area contributed by atoms with Crippen molar-refractivity contribution in [1.82, 2.24) is 5.32 Å². The highest BCUT2D eigenvalue weighted by Crippen LogP contribution is 2.27. The molecule has 0 aliphatic carbocycles. The summed E-state index contributed by atoms with van der Waals surface area (Å²) in [6.45, 7) is 10.2. The van der Waals surface area contributed by atoms with Gasteiger partial charge in [-0.05, 0) is 70.6 Å². The zero-order valence-corrected chi connectivity index (χ0v) is 14.2. The van der Waals surface area contributed by atoms with Crippen molar-refractivity contribution in [2.75, 3.05) is 13.1 Å². The van der Waals surface area contributed by atoms with Crippen molar-refractivity contribution in [2.24, 2.45) is 0 Å². The topological polar surface area (TPSA) is 50.7 Å². The third-order valence-corrected chi connectivity index (χ3v) is 3.80. The third-order valence-electron chi connectivity index (χ3n) is 3.80. The van der Waals surface area contributed by atoms with Gasteiger partial charge < -0.3 is 19.8 Å². The Morgan fingerprint density at radius 2 is 1.95 bits per heavy atom. The van der Waals surface area contributed by atoms with Crippen LogP contribution in [-0.2, 0) is 4.65 Å². The van der Waals surface area contributed by atoms with E-state index in [4.69, 9.17) is 9.39 Å². The van der Waals surface area contributed by atoms with Crippen LogP contribution < -0.4 is 15.5 Å². The van der Waals surface area contributed by atoms with E-state index in [1.54, 1.807) is 6.07 Å². The summed E-state index contributed by atoms with van der Waals surface area (Å²) in [5, 5.41) is 13.6. The van der Waals surface area contributed by atoms with Crippen molar-refractivity contribution in [3.05, 3.63) is 18.2 Å². The molecule has 0 bridgehead atoms. The maximum Gasteiger partial charge on any atom is 0.327 e. The van der Waals surface area contributed by atoms with Gasteiger partial charge in [-0.2, -0.15) is 0 Å². The Labute approximate surface area is 134 Å². The fourth-order valence-electron chi connectivity index (χ4n) is 2.74. The summed E-state index contributed by atoms with van der Waals surface area (Å²) in [6, 6.07) is 5.63. The van der Waals surface area contributed by atoms with Crippen molar-refractivity contribution in [1.29, 1.82) is 0 Å². The Morgan fingerprint density at radius 1 is 1.27 bits per heavy atom. The maximum absolute atomic E-state index is 10.3. The second-order valence-corrected chi connectivity index (χ2v) is 6.92. The Kier molecular flexibility index (Phi) is 5.76. The molecule has 2 rings (SSSR count). The number of phenolic OH excluding ortho intramolecular Hbond substituents is 1. The SMILES string of the molecule is CCB(OC(C)(C)C)c1ccc(OC2CCNCC2)c(O)c1. The van der Waals surface area contributed by atoms with Crippen LogP contribution in [0.25, 0.3) is 0 Å². The minimum atomic E-state index is -0.208. The molecule has 1 aliphatic rings. The van der Waals surface area contributed by atoms with Crippen LogP contribution in [-0.4, -0.2) is 36.8 Å². The van der Waals surface area contributed by atoms with E-state index in [1.165, 1.54) is 0 Å². The van der Waals surface area contributed by atoms with Crippen molar-refractivity contribution in [2.45, 2.75) is 58.6 Å². The quantitative estimate of drug-likeness (QED) is 0.821. The van der Waals surface area contributed by atoms with Gasteiger partial charge in [0.15, 0.2) is 11.5 Å². The molecule has 1 saturated heterocycles. The van der Waals surface area contributed by atoms with Gasteiger partial charge in [-0.3, -0.25) is 0 Å². The number of benzene rings is 1. The van der Waals surface area contributed by atoms with E-state index < -0.39 is 0 Å². The molecule has 0 atom stereocenters. The zero-order valence-electron chi connectivity index (χ0n) is 14.2. The number of hydrogen-bond acceptors (Lipinski definition) is 4. The van der Waals surface area contributed by atoms with Gasteiger partial charge >= 0.3 is 6.92 Å². The molecule has 0 amide bonds. The summed E-state index contributed by atoms with van der Waals surface area (Å²) in [6.07, 6.45) is 3.01. The Morgan fingerprint density at radius 3 is 2.50 bits per heavy atom. The van der Waals surface area contributed by atoms with Gasteiger partial charge in [0.2, 0.25) is 0 Å². The number of hydrogen-bond donors (Lipinski definition) is 2. The van der Waals surface area contributed by atoms with E-state index in [0.29, 0.717) is 5.75 Å².